The zero-order valence-electron chi connectivity index (χ0n) is 13.6. The van der Waals surface area contributed by atoms with Crippen molar-refractivity contribution >= 4 is 11.9 Å². The van der Waals surface area contributed by atoms with Crippen molar-refractivity contribution in [2.24, 2.45) is 0 Å². The lowest BCUT2D eigenvalue weighted by molar-refractivity contribution is -0.139. The monoisotopic (exact) mass is 327 g/mol. The molecule has 1 amide bonds. The van der Waals surface area contributed by atoms with Crippen molar-refractivity contribution in [1.82, 2.24) is 5.32 Å². The molecule has 0 fully saturated rings. The lowest BCUT2D eigenvalue weighted by Crippen LogP contribution is -2.26. The summed E-state index contributed by atoms with van der Waals surface area (Å²) in [4.78, 5) is 22.7. The number of amides is 1. The quantitative estimate of drug-likeness (QED) is 0.781. The van der Waals surface area contributed by atoms with Gasteiger partial charge in [0, 0.05) is 12.1 Å². The van der Waals surface area contributed by atoms with Crippen molar-refractivity contribution in [3.63, 3.8) is 0 Å². The van der Waals surface area contributed by atoms with Crippen molar-refractivity contribution in [1.29, 1.82) is 0 Å². The van der Waals surface area contributed by atoms with Gasteiger partial charge in [-0.2, -0.15) is 0 Å². The average Bonchev–Trinajstić information content (AvgIpc) is 2.60. The van der Waals surface area contributed by atoms with Crippen LogP contribution < -0.4 is 10.1 Å². The first-order valence-electron chi connectivity index (χ1n) is 7.89. The van der Waals surface area contributed by atoms with E-state index in [1.807, 2.05) is 43.3 Å². The van der Waals surface area contributed by atoms with Gasteiger partial charge in [-0.15, -0.1) is 0 Å². The third-order valence-electron chi connectivity index (χ3n) is 3.63. The summed E-state index contributed by atoms with van der Waals surface area (Å²) in [5, 5.41) is 11.5. The molecule has 0 unspecified atom stereocenters. The number of hydrogen-bond donors (Lipinski definition) is 2. The third kappa shape index (κ3) is 5.12. The van der Waals surface area contributed by atoms with Gasteiger partial charge in [-0.25, -0.2) is 4.79 Å². The van der Waals surface area contributed by atoms with E-state index >= 15 is 0 Å². The first-order chi connectivity index (χ1) is 11.6. The molecule has 0 heterocycles. The van der Waals surface area contributed by atoms with Crippen LogP contribution in [-0.2, 0) is 17.6 Å². The molecule has 2 aromatic carbocycles. The van der Waals surface area contributed by atoms with E-state index < -0.39 is 5.97 Å². The number of carbonyl (C=O) groups is 2. The molecule has 0 aliphatic carbocycles. The van der Waals surface area contributed by atoms with E-state index in [1.165, 1.54) is 0 Å². The van der Waals surface area contributed by atoms with Crippen LogP contribution in [0.5, 0.6) is 5.75 Å². The zero-order valence-corrected chi connectivity index (χ0v) is 13.6. The maximum atomic E-state index is 12.2. The van der Waals surface area contributed by atoms with Crippen molar-refractivity contribution in [2.75, 3.05) is 13.2 Å². The van der Waals surface area contributed by atoms with Gasteiger partial charge in [0.1, 0.15) is 5.75 Å². The summed E-state index contributed by atoms with van der Waals surface area (Å²) >= 11 is 0. The fraction of sp³-hybridized carbons (Fsp3) is 0.263. The van der Waals surface area contributed by atoms with E-state index in [0.29, 0.717) is 18.7 Å². The maximum Gasteiger partial charge on any atom is 0.341 e. The van der Waals surface area contributed by atoms with Crippen LogP contribution in [0.15, 0.2) is 48.5 Å². The molecule has 24 heavy (non-hydrogen) atoms. The Balaban J connectivity index is 1.83. The molecule has 2 aromatic rings. The van der Waals surface area contributed by atoms with E-state index in [2.05, 4.69) is 5.32 Å². The lowest BCUT2D eigenvalue weighted by Gasteiger charge is -2.09. The van der Waals surface area contributed by atoms with Gasteiger partial charge in [0.05, 0.1) is 0 Å². The second-order valence-electron chi connectivity index (χ2n) is 5.34. The molecule has 0 atom stereocenters. The SMILES string of the molecule is CCc1ccccc1C(=O)NCCc1ccc(OCC(=O)O)cc1. The summed E-state index contributed by atoms with van der Waals surface area (Å²) in [6.07, 6.45) is 1.51. The number of carbonyl (C=O) groups excluding carboxylic acids is 1. The summed E-state index contributed by atoms with van der Waals surface area (Å²) < 4.78 is 5.08. The first-order valence-corrected chi connectivity index (χ1v) is 7.89. The number of ether oxygens (including phenoxy) is 1. The number of benzene rings is 2. The summed E-state index contributed by atoms with van der Waals surface area (Å²) in [6.45, 7) is 2.21. The van der Waals surface area contributed by atoms with Gasteiger partial charge >= 0.3 is 5.97 Å². The van der Waals surface area contributed by atoms with Gasteiger partial charge in [0.15, 0.2) is 6.61 Å². The predicted octanol–water partition coefficient (Wildman–Crippen LogP) is 2.68. The molecule has 0 spiro atoms. The van der Waals surface area contributed by atoms with Crippen molar-refractivity contribution in [3.05, 3.63) is 65.2 Å². The van der Waals surface area contributed by atoms with Gasteiger partial charge in [-0.3, -0.25) is 4.79 Å². The topological polar surface area (TPSA) is 75.6 Å². The van der Waals surface area contributed by atoms with Gasteiger partial charge < -0.3 is 15.2 Å². The van der Waals surface area contributed by atoms with E-state index in [0.717, 1.165) is 23.1 Å². The van der Waals surface area contributed by atoms with Crippen LogP contribution in [0.1, 0.15) is 28.4 Å². The number of aryl methyl sites for hydroxylation is 1. The second-order valence-corrected chi connectivity index (χ2v) is 5.34. The molecule has 0 aromatic heterocycles. The van der Waals surface area contributed by atoms with Gasteiger partial charge in [-0.05, 0) is 42.2 Å². The molecule has 2 rings (SSSR count). The summed E-state index contributed by atoms with van der Waals surface area (Å²) in [5.74, 6) is -0.551. The Labute approximate surface area is 141 Å². The highest BCUT2D eigenvalue weighted by molar-refractivity contribution is 5.95. The average molecular weight is 327 g/mol. The maximum absolute atomic E-state index is 12.2. The highest BCUT2D eigenvalue weighted by atomic mass is 16.5. The minimum atomic E-state index is -1.01. The number of rotatable bonds is 8. The molecule has 5 nitrogen and oxygen atoms in total. The zero-order chi connectivity index (χ0) is 17.4. The number of nitrogens with one attached hydrogen (secondary N) is 1. The van der Waals surface area contributed by atoms with E-state index in [1.54, 1.807) is 12.1 Å². The minimum Gasteiger partial charge on any atom is -0.482 e. The standard InChI is InChI=1S/C19H21NO4/c1-2-15-5-3-4-6-17(15)19(23)20-12-11-14-7-9-16(10-8-14)24-13-18(21)22/h3-10H,2,11-13H2,1H3,(H,20,23)(H,21,22). The van der Waals surface area contributed by atoms with Crippen LogP contribution in [0, 0.1) is 0 Å². The first kappa shape index (κ1) is 17.5. The van der Waals surface area contributed by atoms with Crippen LogP contribution in [-0.4, -0.2) is 30.1 Å². The van der Waals surface area contributed by atoms with Gasteiger partial charge in [-0.1, -0.05) is 37.3 Å². The highest BCUT2D eigenvalue weighted by Crippen LogP contribution is 2.13. The lowest BCUT2D eigenvalue weighted by atomic mass is 10.0. The normalized spacial score (nSPS) is 10.2. The second kappa shape index (κ2) is 8.72. The van der Waals surface area contributed by atoms with Gasteiger partial charge in [0.2, 0.25) is 0 Å². The van der Waals surface area contributed by atoms with Crippen LogP contribution in [0.4, 0.5) is 0 Å². The molecule has 0 aliphatic rings. The summed E-state index contributed by atoms with van der Waals surface area (Å²) in [6, 6.07) is 14.8. The molecular formula is C19H21NO4. The van der Waals surface area contributed by atoms with Crippen LogP contribution in [0.25, 0.3) is 0 Å². The third-order valence-corrected chi connectivity index (χ3v) is 3.63. The summed E-state index contributed by atoms with van der Waals surface area (Å²) in [7, 11) is 0. The Bertz CT molecular complexity index is 695. The highest BCUT2D eigenvalue weighted by Gasteiger charge is 2.08. The van der Waals surface area contributed by atoms with Crippen LogP contribution in [0.2, 0.25) is 0 Å². The van der Waals surface area contributed by atoms with Crippen molar-refractivity contribution in [3.8, 4) is 5.75 Å². The molecule has 0 saturated carbocycles. The number of aliphatic carboxylic acids is 1. The number of carboxylic acid groups (broad SMARTS) is 1. The number of hydrogen-bond acceptors (Lipinski definition) is 3. The molecule has 0 radical (unpaired) electrons. The van der Waals surface area contributed by atoms with Crippen LogP contribution in [0.3, 0.4) is 0 Å². The minimum absolute atomic E-state index is 0.0612. The van der Waals surface area contributed by atoms with Gasteiger partial charge in [0.25, 0.3) is 5.91 Å². The molecular weight excluding hydrogens is 306 g/mol. The van der Waals surface area contributed by atoms with E-state index in [9.17, 15) is 9.59 Å². The predicted molar refractivity (Wildman–Crippen MR) is 91.4 cm³/mol. The fourth-order valence-electron chi connectivity index (χ4n) is 2.36. The Hall–Kier alpha value is -2.82. The summed E-state index contributed by atoms with van der Waals surface area (Å²) in [5.41, 5.74) is 2.80. The molecule has 126 valence electrons. The Morgan fingerprint density at radius 3 is 2.46 bits per heavy atom. The molecule has 0 aliphatic heterocycles. The van der Waals surface area contributed by atoms with E-state index in [-0.39, 0.29) is 12.5 Å². The molecule has 2 N–H and O–H groups in total. The van der Waals surface area contributed by atoms with Crippen molar-refractivity contribution in [2.45, 2.75) is 19.8 Å². The van der Waals surface area contributed by atoms with Crippen molar-refractivity contribution < 1.29 is 19.4 Å². The largest absolute Gasteiger partial charge is 0.482 e. The Morgan fingerprint density at radius 1 is 1.08 bits per heavy atom. The van der Waals surface area contributed by atoms with Crippen LogP contribution >= 0.6 is 0 Å². The molecule has 0 bridgehead atoms. The Morgan fingerprint density at radius 2 is 1.79 bits per heavy atom. The van der Waals surface area contributed by atoms with E-state index in [4.69, 9.17) is 9.84 Å². The Kier molecular flexibility index (Phi) is 6.37. The molecule has 0 saturated heterocycles. The fourth-order valence-corrected chi connectivity index (χ4v) is 2.36. The smallest absolute Gasteiger partial charge is 0.341 e. The molecule has 5 heteroatoms. The number of carboxylic acids is 1.